The Labute approximate surface area is 207 Å². The normalized spacial score (nSPS) is 19.0. The summed E-state index contributed by atoms with van der Waals surface area (Å²) < 4.78 is 27.1. The van der Waals surface area contributed by atoms with Gasteiger partial charge in [-0.2, -0.15) is 5.10 Å². The molecule has 8 nitrogen and oxygen atoms in total. The lowest BCUT2D eigenvalue weighted by atomic mass is 9.92. The Balaban J connectivity index is 1.34. The van der Waals surface area contributed by atoms with E-state index in [1.807, 2.05) is 43.3 Å². The first kappa shape index (κ1) is 24.2. The van der Waals surface area contributed by atoms with E-state index in [0.29, 0.717) is 31.0 Å². The van der Waals surface area contributed by atoms with Gasteiger partial charge >= 0.3 is 0 Å². The number of alkyl halides is 2. The van der Waals surface area contributed by atoms with Gasteiger partial charge in [0.2, 0.25) is 0 Å². The van der Waals surface area contributed by atoms with Crippen LogP contribution in [0.25, 0.3) is 12.2 Å². The molecule has 0 radical (unpaired) electrons. The molecule has 1 unspecified atom stereocenters. The molecule has 1 amide bonds. The average molecular weight is 494 g/mol. The number of hydrogen-bond donors (Lipinski definition) is 2. The number of carbonyl (C=O) groups is 1. The van der Waals surface area contributed by atoms with Crippen LogP contribution in [0, 0.1) is 0 Å². The number of pyridine rings is 2. The van der Waals surface area contributed by atoms with Crippen molar-refractivity contribution in [2.45, 2.75) is 37.8 Å². The predicted octanol–water partition coefficient (Wildman–Crippen LogP) is 2.10. The van der Waals surface area contributed by atoms with Crippen LogP contribution >= 0.6 is 0 Å². The minimum Gasteiger partial charge on any atom is -0.319 e. The molecule has 10 heteroatoms. The summed E-state index contributed by atoms with van der Waals surface area (Å²) in [6.07, 6.45) is 11.6. The molecule has 3 aromatic heterocycles. The number of aromatic amines is 1. The fourth-order valence-electron chi connectivity index (χ4n) is 4.80. The predicted molar refractivity (Wildman–Crippen MR) is 133 cm³/mol. The van der Waals surface area contributed by atoms with Crippen molar-refractivity contribution >= 4 is 23.7 Å². The van der Waals surface area contributed by atoms with Crippen molar-refractivity contribution in [3.05, 3.63) is 69.9 Å². The lowest BCUT2D eigenvalue weighted by Gasteiger charge is -2.18. The minimum atomic E-state index is -2.62. The second kappa shape index (κ2) is 9.87. The first-order valence-corrected chi connectivity index (χ1v) is 12.0. The highest BCUT2D eigenvalue weighted by Crippen LogP contribution is 2.29. The molecule has 0 bridgehead atoms. The summed E-state index contributed by atoms with van der Waals surface area (Å²) in [5.41, 5.74) is 3.80. The largest absolute Gasteiger partial charge is 0.319 e. The zero-order valence-electron chi connectivity index (χ0n) is 20.3. The topological polar surface area (TPSA) is 90.0 Å². The van der Waals surface area contributed by atoms with Gasteiger partial charge in [-0.05, 0) is 43.3 Å². The molecule has 0 spiro atoms. The van der Waals surface area contributed by atoms with Crippen LogP contribution in [0.15, 0.2) is 36.9 Å². The maximum absolute atomic E-state index is 13.6. The monoisotopic (exact) mass is 493 g/mol. The second-order valence-electron chi connectivity index (χ2n) is 9.83. The zero-order valence-corrected chi connectivity index (χ0v) is 20.3. The van der Waals surface area contributed by atoms with Crippen molar-refractivity contribution in [2.24, 2.45) is 0 Å². The molecule has 1 aliphatic carbocycles. The van der Waals surface area contributed by atoms with Crippen LogP contribution in [0.3, 0.4) is 0 Å². The molecule has 2 N–H and O–H groups in total. The van der Waals surface area contributed by atoms with Gasteiger partial charge in [0.1, 0.15) is 0 Å². The molecule has 3 aromatic rings. The average Bonchev–Trinajstić information content (AvgIpc) is 3.41. The van der Waals surface area contributed by atoms with Crippen LogP contribution in [-0.4, -0.2) is 69.0 Å². The van der Waals surface area contributed by atoms with Gasteiger partial charge in [-0.25, -0.2) is 8.78 Å². The lowest BCUT2D eigenvalue weighted by Crippen LogP contribution is -2.32. The summed E-state index contributed by atoms with van der Waals surface area (Å²) in [4.78, 5) is 25.5. The Morgan fingerprint density at radius 1 is 1.19 bits per heavy atom. The van der Waals surface area contributed by atoms with Gasteiger partial charge in [0.25, 0.3) is 11.8 Å². The number of halogens is 2. The SMILES string of the molecule is CN(C)Cc1cncc(NC(=O)c2n[nH]c3c2=CC(c2cncc(CN4CCC(F)(F)C4)c2)CC=3)c1. The zero-order chi connectivity index (χ0) is 25.3. The van der Waals surface area contributed by atoms with Crippen LogP contribution in [0.2, 0.25) is 0 Å². The van der Waals surface area contributed by atoms with Gasteiger partial charge in [-0.15, -0.1) is 0 Å². The van der Waals surface area contributed by atoms with Crippen molar-refractivity contribution in [1.82, 2.24) is 30.0 Å². The highest BCUT2D eigenvalue weighted by Gasteiger charge is 2.38. The number of nitrogens with one attached hydrogen (secondary N) is 2. The molecule has 1 aliphatic heterocycles. The fraction of sp³-hybridized carbons (Fsp3) is 0.385. The maximum atomic E-state index is 13.6. The molecule has 36 heavy (non-hydrogen) atoms. The molecule has 1 saturated heterocycles. The number of amides is 1. The number of carbonyl (C=O) groups excluding carboxylic acids is 1. The van der Waals surface area contributed by atoms with Gasteiger partial charge in [-0.3, -0.25) is 24.8 Å². The molecule has 0 saturated carbocycles. The molecule has 5 rings (SSSR count). The molecule has 1 fully saturated rings. The molecule has 188 valence electrons. The van der Waals surface area contributed by atoms with E-state index in [0.717, 1.165) is 33.7 Å². The molecule has 1 atom stereocenters. The number of rotatable bonds is 7. The van der Waals surface area contributed by atoms with Gasteiger partial charge in [-0.1, -0.05) is 18.2 Å². The van der Waals surface area contributed by atoms with Crippen LogP contribution in [0.4, 0.5) is 14.5 Å². The number of nitrogens with zero attached hydrogens (tertiary/aromatic N) is 5. The Kier molecular flexibility index (Phi) is 6.63. The van der Waals surface area contributed by atoms with E-state index in [-0.39, 0.29) is 24.8 Å². The number of likely N-dealkylation sites (tertiary alicyclic amines) is 1. The van der Waals surface area contributed by atoms with Crippen molar-refractivity contribution in [3.8, 4) is 0 Å². The van der Waals surface area contributed by atoms with Crippen LogP contribution in [0.5, 0.6) is 0 Å². The number of aromatic nitrogens is 4. The third-order valence-electron chi connectivity index (χ3n) is 6.44. The van der Waals surface area contributed by atoms with Crippen LogP contribution in [-0.2, 0) is 13.1 Å². The number of fused-ring (bicyclic) bond motifs is 1. The Morgan fingerprint density at radius 2 is 2.00 bits per heavy atom. The van der Waals surface area contributed by atoms with Gasteiger partial charge < -0.3 is 10.2 Å². The third kappa shape index (κ3) is 5.50. The number of anilines is 1. The van der Waals surface area contributed by atoms with Crippen LogP contribution in [0.1, 0.15) is 45.9 Å². The third-order valence-corrected chi connectivity index (χ3v) is 6.44. The lowest BCUT2D eigenvalue weighted by molar-refractivity contribution is 0.0115. The highest BCUT2D eigenvalue weighted by atomic mass is 19.3. The summed E-state index contributed by atoms with van der Waals surface area (Å²) in [7, 11) is 3.94. The summed E-state index contributed by atoms with van der Waals surface area (Å²) >= 11 is 0. The Hall–Kier alpha value is -3.50. The van der Waals surface area contributed by atoms with E-state index in [9.17, 15) is 13.6 Å². The minimum absolute atomic E-state index is 0.000736. The van der Waals surface area contributed by atoms with Crippen LogP contribution < -0.4 is 15.9 Å². The summed E-state index contributed by atoms with van der Waals surface area (Å²) in [6.45, 7) is 1.32. The summed E-state index contributed by atoms with van der Waals surface area (Å²) in [6, 6.07) is 3.92. The van der Waals surface area contributed by atoms with Gasteiger partial charge in [0, 0.05) is 55.8 Å². The number of hydrogen-bond acceptors (Lipinski definition) is 6. The summed E-state index contributed by atoms with van der Waals surface area (Å²) in [5, 5.41) is 11.7. The van der Waals surface area contributed by atoms with E-state index in [4.69, 9.17) is 0 Å². The standard InChI is InChI=1S/C26H29F2N7O/c1-34(2)14-18-8-21(13-30-11-18)31-25(36)24-22-9-19(3-4-23(22)32-33-24)20-7-17(10-29-12-20)15-35-6-5-26(27,28)16-35/h4,7-13,19,32H,3,5-6,14-16H2,1-2H3,(H,31,36). The summed E-state index contributed by atoms with van der Waals surface area (Å²) in [5.74, 6) is -2.93. The van der Waals surface area contributed by atoms with E-state index in [1.54, 1.807) is 29.7 Å². The molecule has 4 heterocycles. The highest BCUT2D eigenvalue weighted by molar-refractivity contribution is 6.03. The number of H-pyrrole nitrogens is 1. The van der Waals surface area contributed by atoms with Gasteiger partial charge in [0.05, 0.1) is 23.8 Å². The van der Waals surface area contributed by atoms with Crippen molar-refractivity contribution in [2.75, 3.05) is 32.5 Å². The fourth-order valence-corrected chi connectivity index (χ4v) is 4.80. The van der Waals surface area contributed by atoms with Crippen molar-refractivity contribution in [1.29, 1.82) is 0 Å². The van der Waals surface area contributed by atoms with Crippen molar-refractivity contribution < 1.29 is 13.6 Å². The molecule has 2 aliphatic rings. The maximum Gasteiger partial charge on any atom is 0.276 e. The molecular weight excluding hydrogens is 464 g/mol. The van der Waals surface area contributed by atoms with E-state index < -0.39 is 5.92 Å². The van der Waals surface area contributed by atoms with E-state index >= 15 is 0 Å². The first-order chi connectivity index (χ1) is 17.3. The van der Waals surface area contributed by atoms with E-state index in [2.05, 4.69) is 25.5 Å². The second-order valence-corrected chi connectivity index (χ2v) is 9.83. The smallest absolute Gasteiger partial charge is 0.276 e. The Bertz CT molecular complexity index is 1380. The molecule has 0 aromatic carbocycles. The van der Waals surface area contributed by atoms with E-state index in [1.165, 1.54) is 0 Å². The van der Waals surface area contributed by atoms with Crippen molar-refractivity contribution in [3.63, 3.8) is 0 Å². The Morgan fingerprint density at radius 3 is 2.78 bits per heavy atom. The molecular formula is C26H29F2N7O. The van der Waals surface area contributed by atoms with Gasteiger partial charge in [0.15, 0.2) is 5.69 Å². The first-order valence-electron chi connectivity index (χ1n) is 12.0. The quantitative estimate of drug-likeness (QED) is 0.524.